The van der Waals surface area contributed by atoms with Crippen LogP contribution in [0.5, 0.6) is 5.75 Å². The fraction of sp³-hybridized carbons (Fsp3) is 0.414. The molecule has 8 nitrogen and oxygen atoms in total. The Morgan fingerprint density at radius 3 is 2.43 bits per heavy atom. The molecule has 1 aliphatic heterocycles. The Kier molecular flexibility index (Phi) is 10.7. The van der Waals surface area contributed by atoms with Crippen LogP contribution >= 0.6 is 0 Å². The van der Waals surface area contributed by atoms with Crippen molar-refractivity contribution in [2.75, 3.05) is 19.7 Å². The van der Waals surface area contributed by atoms with Crippen molar-refractivity contribution in [1.29, 1.82) is 0 Å². The molecule has 1 heterocycles. The van der Waals surface area contributed by atoms with Crippen LogP contribution < -0.4 is 26.0 Å². The Bertz CT molecular complexity index is 1070. The summed E-state index contributed by atoms with van der Waals surface area (Å²) in [5, 5.41) is 11.8. The SMILES string of the molecule is CCC(C)[C@@H]1NCCOc2ccccc2/C=C/CNC(=O)[C@H](Cc2ccccc2)NC(=O)[C@@H](C)NC1=O. The van der Waals surface area contributed by atoms with Gasteiger partial charge in [0, 0.05) is 25.1 Å². The first-order chi connectivity index (χ1) is 17.9. The maximum atomic E-state index is 13.1. The standard InChI is InChI=1S/C29H38N4O4/c1-4-20(2)26-29(36)32-21(3)27(34)33-24(19-22-11-6-5-7-12-22)28(35)31-16-10-14-23-13-8-9-15-25(23)37-18-17-30-26/h5-15,20-21,24,26,30H,4,16-19H2,1-3H3,(H,31,35)(H,32,36)(H,33,34)/b14-10+/t20?,21-,24+,26+/m1/s1. The molecule has 0 saturated heterocycles. The molecule has 0 bridgehead atoms. The van der Waals surface area contributed by atoms with Crippen LogP contribution in [-0.4, -0.2) is 55.5 Å². The fourth-order valence-electron chi connectivity index (χ4n) is 4.11. The average molecular weight is 507 g/mol. The molecular weight excluding hydrogens is 468 g/mol. The number of hydrogen-bond acceptors (Lipinski definition) is 5. The third-order valence-corrected chi connectivity index (χ3v) is 6.50. The highest BCUT2D eigenvalue weighted by Crippen LogP contribution is 2.19. The number of carbonyl (C=O) groups is 3. The van der Waals surface area contributed by atoms with Gasteiger partial charge in [-0.3, -0.25) is 14.4 Å². The molecule has 2 aromatic carbocycles. The highest BCUT2D eigenvalue weighted by Gasteiger charge is 2.28. The van der Waals surface area contributed by atoms with E-state index in [1.807, 2.05) is 80.6 Å². The normalized spacial score (nSPS) is 23.6. The topological polar surface area (TPSA) is 109 Å². The monoisotopic (exact) mass is 506 g/mol. The van der Waals surface area contributed by atoms with E-state index in [4.69, 9.17) is 4.74 Å². The van der Waals surface area contributed by atoms with Crippen LogP contribution in [0.15, 0.2) is 60.7 Å². The lowest BCUT2D eigenvalue weighted by atomic mass is 9.98. The van der Waals surface area contributed by atoms with Gasteiger partial charge in [-0.05, 0) is 24.5 Å². The van der Waals surface area contributed by atoms with E-state index in [0.717, 1.165) is 23.3 Å². The second-order valence-corrected chi connectivity index (χ2v) is 9.33. The Morgan fingerprint density at radius 1 is 0.946 bits per heavy atom. The summed E-state index contributed by atoms with van der Waals surface area (Å²) in [6.45, 7) is 6.77. The van der Waals surface area contributed by atoms with Gasteiger partial charge >= 0.3 is 0 Å². The van der Waals surface area contributed by atoms with Gasteiger partial charge in [0.15, 0.2) is 0 Å². The maximum absolute atomic E-state index is 13.1. The summed E-state index contributed by atoms with van der Waals surface area (Å²) in [7, 11) is 0. The molecule has 0 radical (unpaired) electrons. The second kappa shape index (κ2) is 14.2. The molecule has 0 spiro atoms. The van der Waals surface area contributed by atoms with E-state index in [9.17, 15) is 14.4 Å². The van der Waals surface area contributed by atoms with Gasteiger partial charge in [0.25, 0.3) is 0 Å². The van der Waals surface area contributed by atoms with Crippen LogP contribution in [0.25, 0.3) is 6.08 Å². The summed E-state index contributed by atoms with van der Waals surface area (Å²) in [6.07, 6.45) is 4.87. The molecule has 0 aromatic heterocycles. The Morgan fingerprint density at radius 2 is 1.68 bits per heavy atom. The van der Waals surface area contributed by atoms with E-state index >= 15 is 0 Å². The summed E-state index contributed by atoms with van der Waals surface area (Å²) < 4.78 is 5.98. The zero-order chi connectivity index (χ0) is 26.6. The highest BCUT2D eigenvalue weighted by atomic mass is 16.5. The number of ether oxygens (including phenoxy) is 1. The molecule has 37 heavy (non-hydrogen) atoms. The third-order valence-electron chi connectivity index (χ3n) is 6.50. The number of hydrogen-bond donors (Lipinski definition) is 4. The van der Waals surface area contributed by atoms with E-state index in [2.05, 4.69) is 21.3 Å². The largest absolute Gasteiger partial charge is 0.492 e. The lowest BCUT2D eigenvalue weighted by Gasteiger charge is -2.26. The van der Waals surface area contributed by atoms with Crippen molar-refractivity contribution in [3.05, 3.63) is 71.8 Å². The first-order valence-electron chi connectivity index (χ1n) is 12.9. The molecule has 0 saturated carbocycles. The van der Waals surface area contributed by atoms with Crippen molar-refractivity contribution in [2.45, 2.75) is 51.7 Å². The van der Waals surface area contributed by atoms with Crippen molar-refractivity contribution < 1.29 is 19.1 Å². The Labute approximate surface area is 219 Å². The molecule has 1 aliphatic rings. The lowest BCUT2D eigenvalue weighted by Crippen LogP contribution is -2.57. The summed E-state index contributed by atoms with van der Waals surface area (Å²) in [5.41, 5.74) is 1.81. The minimum absolute atomic E-state index is 0.0488. The second-order valence-electron chi connectivity index (χ2n) is 9.33. The van der Waals surface area contributed by atoms with Crippen molar-refractivity contribution >= 4 is 23.8 Å². The molecule has 0 aliphatic carbocycles. The van der Waals surface area contributed by atoms with Crippen molar-refractivity contribution in [3.63, 3.8) is 0 Å². The van der Waals surface area contributed by atoms with Crippen LogP contribution in [0.1, 0.15) is 38.3 Å². The minimum atomic E-state index is -0.811. The Balaban J connectivity index is 1.84. The van der Waals surface area contributed by atoms with Gasteiger partial charge in [0.2, 0.25) is 17.7 Å². The number of carbonyl (C=O) groups excluding carboxylic acids is 3. The van der Waals surface area contributed by atoms with Gasteiger partial charge in [-0.15, -0.1) is 0 Å². The van der Waals surface area contributed by atoms with Crippen LogP contribution in [0.2, 0.25) is 0 Å². The van der Waals surface area contributed by atoms with E-state index in [1.54, 1.807) is 6.92 Å². The van der Waals surface area contributed by atoms with Gasteiger partial charge in [-0.1, -0.05) is 81.0 Å². The van der Waals surface area contributed by atoms with Crippen molar-refractivity contribution in [2.24, 2.45) is 5.92 Å². The fourth-order valence-corrected chi connectivity index (χ4v) is 4.11. The van der Waals surface area contributed by atoms with Gasteiger partial charge in [0.1, 0.15) is 24.4 Å². The molecule has 8 heteroatoms. The van der Waals surface area contributed by atoms with Gasteiger partial charge in [-0.2, -0.15) is 0 Å². The summed E-state index contributed by atoms with van der Waals surface area (Å²) in [4.78, 5) is 39.2. The summed E-state index contributed by atoms with van der Waals surface area (Å²) in [6, 6.07) is 15.1. The molecule has 4 atom stereocenters. The van der Waals surface area contributed by atoms with Crippen LogP contribution in [0.4, 0.5) is 0 Å². The smallest absolute Gasteiger partial charge is 0.243 e. The van der Waals surface area contributed by atoms with Gasteiger partial charge in [-0.25, -0.2) is 0 Å². The van der Waals surface area contributed by atoms with E-state index in [-0.39, 0.29) is 17.7 Å². The van der Waals surface area contributed by atoms with Crippen molar-refractivity contribution in [1.82, 2.24) is 21.3 Å². The lowest BCUT2D eigenvalue weighted by molar-refractivity contribution is -0.132. The molecule has 4 N–H and O–H groups in total. The first-order valence-corrected chi connectivity index (χ1v) is 12.9. The number of amides is 3. The van der Waals surface area contributed by atoms with Crippen molar-refractivity contribution in [3.8, 4) is 5.75 Å². The molecular formula is C29H38N4O4. The van der Waals surface area contributed by atoms with Crippen LogP contribution in [0.3, 0.4) is 0 Å². The van der Waals surface area contributed by atoms with E-state index < -0.39 is 24.0 Å². The molecule has 3 amide bonds. The Hall–Kier alpha value is -3.65. The zero-order valence-corrected chi connectivity index (χ0v) is 21.8. The molecule has 0 fully saturated rings. The first kappa shape index (κ1) is 27.9. The average Bonchev–Trinajstić information content (AvgIpc) is 2.90. The number of fused-ring (bicyclic) bond motifs is 1. The number of nitrogens with one attached hydrogen (secondary N) is 4. The quantitative estimate of drug-likeness (QED) is 0.510. The summed E-state index contributed by atoms with van der Waals surface area (Å²) >= 11 is 0. The van der Waals surface area contributed by atoms with Gasteiger partial charge < -0.3 is 26.0 Å². The number of rotatable bonds is 4. The van der Waals surface area contributed by atoms with Crippen LogP contribution in [0, 0.1) is 5.92 Å². The maximum Gasteiger partial charge on any atom is 0.243 e. The summed E-state index contributed by atoms with van der Waals surface area (Å²) in [5.74, 6) is -0.204. The predicted molar refractivity (Wildman–Crippen MR) is 145 cm³/mol. The number of para-hydroxylation sites is 1. The van der Waals surface area contributed by atoms with Gasteiger partial charge in [0.05, 0.1) is 6.04 Å². The third kappa shape index (κ3) is 8.46. The zero-order valence-electron chi connectivity index (χ0n) is 21.8. The van der Waals surface area contributed by atoms with E-state index in [1.165, 1.54) is 0 Å². The predicted octanol–water partition coefficient (Wildman–Crippen LogP) is 2.44. The molecule has 2 aromatic rings. The molecule has 198 valence electrons. The minimum Gasteiger partial charge on any atom is -0.492 e. The van der Waals surface area contributed by atoms with E-state index in [0.29, 0.717) is 26.1 Å². The molecule has 1 unspecified atom stereocenters. The van der Waals surface area contributed by atoms with Crippen LogP contribution in [-0.2, 0) is 20.8 Å². The number of benzene rings is 2. The highest BCUT2D eigenvalue weighted by molar-refractivity contribution is 5.93. The molecule has 3 rings (SSSR count).